The zero-order valence-electron chi connectivity index (χ0n) is 22.4. The maximum absolute atomic E-state index is 13.5. The summed E-state index contributed by atoms with van der Waals surface area (Å²) < 4.78 is 5.43. The molecule has 0 saturated carbocycles. The van der Waals surface area contributed by atoms with Gasteiger partial charge in [0, 0.05) is 19.6 Å². The van der Waals surface area contributed by atoms with Crippen LogP contribution in [0.3, 0.4) is 0 Å². The van der Waals surface area contributed by atoms with Crippen LogP contribution in [0.15, 0.2) is 42.1 Å². The minimum Gasteiger partial charge on any atom is -0.455 e. The first-order valence-electron chi connectivity index (χ1n) is 13.0. The van der Waals surface area contributed by atoms with E-state index in [4.69, 9.17) is 4.74 Å². The van der Waals surface area contributed by atoms with Crippen molar-refractivity contribution in [2.75, 3.05) is 19.6 Å². The van der Waals surface area contributed by atoms with Gasteiger partial charge in [-0.25, -0.2) is 9.59 Å². The topological polar surface area (TPSA) is 145 Å². The van der Waals surface area contributed by atoms with Gasteiger partial charge in [-0.3, -0.25) is 29.0 Å². The lowest BCUT2D eigenvalue weighted by atomic mass is 9.86. The van der Waals surface area contributed by atoms with E-state index in [9.17, 15) is 28.8 Å². The molecule has 2 fully saturated rings. The van der Waals surface area contributed by atoms with Gasteiger partial charge in [-0.1, -0.05) is 36.4 Å². The van der Waals surface area contributed by atoms with Crippen LogP contribution >= 0.6 is 0 Å². The molecule has 3 aliphatic heterocycles. The van der Waals surface area contributed by atoms with Crippen LogP contribution in [0.4, 0.5) is 4.79 Å². The van der Waals surface area contributed by atoms with E-state index in [0.717, 1.165) is 4.90 Å². The Balaban J connectivity index is 1.48. The number of amides is 6. The van der Waals surface area contributed by atoms with Crippen LogP contribution in [0.25, 0.3) is 0 Å². The number of imide groups is 1. The van der Waals surface area contributed by atoms with E-state index >= 15 is 0 Å². The van der Waals surface area contributed by atoms with Gasteiger partial charge in [0.2, 0.25) is 5.91 Å². The monoisotopic (exact) mass is 539 g/mol. The number of carbonyl (C=O) groups is 6. The number of hydrogen-bond donors (Lipinski definition) is 2. The number of fused-ring (bicyclic) bond motifs is 1. The van der Waals surface area contributed by atoms with Gasteiger partial charge in [0.15, 0.2) is 0 Å². The van der Waals surface area contributed by atoms with E-state index in [1.165, 1.54) is 9.80 Å². The number of allylic oxidation sites excluding steroid dienone is 1. The molecular weight excluding hydrogens is 506 g/mol. The third kappa shape index (κ3) is 5.64. The second-order valence-corrected chi connectivity index (χ2v) is 10.6. The van der Waals surface area contributed by atoms with E-state index in [2.05, 4.69) is 10.6 Å². The highest BCUT2D eigenvalue weighted by molar-refractivity contribution is 6.38. The maximum Gasteiger partial charge on any atom is 0.355 e. The summed E-state index contributed by atoms with van der Waals surface area (Å²) in [7, 11) is 0. The predicted molar refractivity (Wildman–Crippen MR) is 137 cm³/mol. The summed E-state index contributed by atoms with van der Waals surface area (Å²) in [5, 5.41) is 5.27. The van der Waals surface area contributed by atoms with E-state index in [0.29, 0.717) is 24.9 Å². The highest BCUT2D eigenvalue weighted by Crippen LogP contribution is 2.34. The van der Waals surface area contributed by atoms with E-state index < -0.39 is 59.4 Å². The van der Waals surface area contributed by atoms with Gasteiger partial charge >= 0.3 is 23.8 Å². The SMILES string of the molecule is CCN1CCN(C(=O)N[C@@H](C(=O)N[C@H]2C(=O)N3C(C(=O)OC(C)(C)C)=CCC[C@H]23)c2ccccc2)C(=O)C1=O. The number of hydrogen-bond acceptors (Lipinski definition) is 7. The van der Waals surface area contributed by atoms with Crippen LogP contribution < -0.4 is 10.6 Å². The van der Waals surface area contributed by atoms with Crippen LogP contribution in [0.5, 0.6) is 0 Å². The summed E-state index contributed by atoms with van der Waals surface area (Å²) in [5.74, 6) is -3.49. The largest absolute Gasteiger partial charge is 0.455 e. The molecule has 1 aromatic carbocycles. The Kier molecular flexibility index (Phi) is 7.75. The van der Waals surface area contributed by atoms with Crippen molar-refractivity contribution in [3.63, 3.8) is 0 Å². The van der Waals surface area contributed by atoms with Gasteiger partial charge in [-0.05, 0) is 46.1 Å². The molecule has 0 aliphatic carbocycles. The molecule has 4 rings (SSSR count). The van der Waals surface area contributed by atoms with Crippen molar-refractivity contribution in [3.8, 4) is 0 Å². The first-order chi connectivity index (χ1) is 18.4. The van der Waals surface area contributed by atoms with Crippen molar-refractivity contribution in [2.24, 2.45) is 0 Å². The van der Waals surface area contributed by atoms with Gasteiger partial charge in [-0.15, -0.1) is 0 Å². The Morgan fingerprint density at radius 3 is 2.38 bits per heavy atom. The van der Waals surface area contributed by atoms with Crippen LogP contribution in [-0.4, -0.2) is 87.6 Å². The van der Waals surface area contributed by atoms with Crippen LogP contribution in [0, 0.1) is 0 Å². The van der Waals surface area contributed by atoms with Gasteiger partial charge < -0.3 is 20.3 Å². The molecule has 0 radical (unpaired) electrons. The molecule has 2 N–H and O–H groups in total. The quantitative estimate of drug-likeness (QED) is 0.310. The van der Waals surface area contributed by atoms with Gasteiger partial charge in [-0.2, -0.15) is 0 Å². The number of rotatable bonds is 6. The molecule has 208 valence electrons. The zero-order valence-corrected chi connectivity index (χ0v) is 22.4. The Morgan fingerprint density at radius 2 is 1.74 bits per heavy atom. The molecule has 2 saturated heterocycles. The Labute approximate surface area is 226 Å². The second kappa shape index (κ2) is 10.9. The number of urea groups is 1. The number of piperazine rings is 1. The fourth-order valence-corrected chi connectivity index (χ4v) is 4.85. The first-order valence-corrected chi connectivity index (χ1v) is 13.0. The molecule has 6 amide bonds. The summed E-state index contributed by atoms with van der Waals surface area (Å²) >= 11 is 0. The third-order valence-corrected chi connectivity index (χ3v) is 6.78. The van der Waals surface area contributed by atoms with Gasteiger partial charge in [0.05, 0.1) is 6.04 Å². The molecule has 0 spiro atoms. The maximum atomic E-state index is 13.5. The normalized spacial score (nSPS) is 21.9. The Bertz CT molecular complexity index is 1220. The molecule has 12 heteroatoms. The second-order valence-electron chi connectivity index (χ2n) is 10.6. The molecule has 0 unspecified atom stereocenters. The van der Waals surface area contributed by atoms with Crippen molar-refractivity contribution >= 4 is 35.6 Å². The molecule has 39 heavy (non-hydrogen) atoms. The Hall–Kier alpha value is -4.22. The van der Waals surface area contributed by atoms with Crippen molar-refractivity contribution < 1.29 is 33.5 Å². The highest BCUT2D eigenvalue weighted by atomic mass is 16.6. The minimum absolute atomic E-state index is 0.00863. The number of likely N-dealkylation sites (N-methyl/N-ethyl adjacent to an activating group) is 1. The number of β-lactam (4-membered cyclic amide) rings is 1. The fourth-order valence-electron chi connectivity index (χ4n) is 4.85. The fraction of sp³-hybridized carbons (Fsp3) is 0.481. The highest BCUT2D eigenvalue weighted by Gasteiger charge is 2.53. The number of nitrogens with zero attached hydrogens (tertiary/aromatic N) is 3. The molecule has 0 bridgehead atoms. The summed E-state index contributed by atoms with van der Waals surface area (Å²) in [6.07, 6.45) is 2.71. The van der Waals surface area contributed by atoms with Gasteiger partial charge in [0.1, 0.15) is 23.4 Å². The van der Waals surface area contributed by atoms with Gasteiger partial charge in [0.25, 0.3) is 5.91 Å². The van der Waals surface area contributed by atoms with E-state index in [1.54, 1.807) is 64.1 Å². The van der Waals surface area contributed by atoms with Crippen LogP contribution in [0.2, 0.25) is 0 Å². The summed E-state index contributed by atoms with van der Waals surface area (Å²) in [5.41, 5.74) is -0.155. The lowest BCUT2D eigenvalue weighted by Crippen LogP contribution is -2.72. The molecule has 3 heterocycles. The number of esters is 1. The number of ether oxygens (including phenoxy) is 1. The van der Waals surface area contributed by atoms with Crippen molar-refractivity contribution in [1.82, 2.24) is 25.3 Å². The van der Waals surface area contributed by atoms with Crippen LogP contribution in [-0.2, 0) is 28.7 Å². The lowest BCUT2D eigenvalue weighted by molar-refractivity contribution is -0.162. The average Bonchev–Trinajstić information content (AvgIpc) is 2.90. The first kappa shape index (κ1) is 27.8. The number of carbonyl (C=O) groups excluding carboxylic acids is 6. The van der Waals surface area contributed by atoms with E-state index in [-0.39, 0.29) is 18.8 Å². The zero-order chi connectivity index (χ0) is 28.5. The van der Waals surface area contributed by atoms with Crippen molar-refractivity contribution in [1.29, 1.82) is 0 Å². The van der Waals surface area contributed by atoms with Crippen molar-refractivity contribution in [2.45, 2.75) is 64.3 Å². The molecule has 0 aromatic heterocycles. The molecule has 12 nitrogen and oxygen atoms in total. The average molecular weight is 540 g/mol. The van der Waals surface area contributed by atoms with Crippen LogP contribution in [0.1, 0.15) is 52.1 Å². The molecule has 1 aromatic rings. The van der Waals surface area contributed by atoms with Crippen molar-refractivity contribution in [3.05, 3.63) is 47.7 Å². The molecule has 3 atom stereocenters. The Morgan fingerprint density at radius 1 is 1.05 bits per heavy atom. The molecular formula is C27H33N5O7. The summed E-state index contributed by atoms with van der Waals surface area (Å²) in [4.78, 5) is 80.5. The lowest BCUT2D eigenvalue weighted by Gasteiger charge is -2.49. The smallest absolute Gasteiger partial charge is 0.355 e. The molecule has 3 aliphatic rings. The summed E-state index contributed by atoms with van der Waals surface area (Å²) in [6, 6.07) is 4.91. The number of benzene rings is 1. The summed E-state index contributed by atoms with van der Waals surface area (Å²) in [6.45, 7) is 7.46. The predicted octanol–water partition coefficient (Wildman–Crippen LogP) is 0.843. The number of nitrogens with one attached hydrogen (secondary N) is 2. The third-order valence-electron chi connectivity index (χ3n) is 6.78. The minimum atomic E-state index is -1.24. The standard InChI is InChI=1S/C27H33N5O7/c1-5-30-14-15-31(24(36)23(30)35)26(38)29-19(16-10-7-6-8-11-16)21(33)28-20-17-12-9-13-18(32(17)22(20)34)25(37)39-27(2,3)4/h6-8,10-11,13,17,19-20H,5,9,12,14-15H2,1-4H3,(H,28,33)(H,29,38)/t17-,19-,20-/m1/s1. The van der Waals surface area contributed by atoms with E-state index in [1.807, 2.05) is 0 Å².